The number of rotatable bonds is 6. The van der Waals surface area contributed by atoms with Crippen molar-refractivity contribution in [1.82, 2.24) is 19.9 Å². The van der Waals surface area contributed by atoms with Gasteiger partial charge in [-0.25, -0.2) is 4.39 Å². The van der Waals surface area contributed by atoms with Crippen molar-refractivity contribution in [1.29, 1.82) is 0 Å². The van der Waals surface area contributed by atoms with E-state index in [9.17, 15) is 9.18 Å². The van der Waals surface area contributed by atoms with Gasteiger partial charge in [0.05, 0.1) is 5.02 Å². The Kier molecular flexibility index (Phi) is 6.86. The van der Waals surface area contributed by atoms with Crippen molar-refractivity contribution in [3.05, 3.63) is 70.3 Å². The van der Waals surface area contributed by atoms with Crippen LogP contribution in [0.5, 0.6) is 0 Å². The molecule has 3 aromatic rings. The van der Waals surface area contributed by atoms with Crippen molar-refractivity contribution in [2.75, 3.05) is 26.2 Å². The highest BCUT2D eigenvalue weighted by Crippen LogP contribution is 2.20. The molecule has 32 heavy (non-hydrogen) atoms. The van der Waals surface area contributed by atoms with Gasteiger partial charge in [-0.05, 0) is 29.7 Å². The molecule has 1 fully saturated rings. The zero-order valence-corrected chi connectivity index (χ0v) is 19.0. The van der Waals surface area contributed by atoms with Gasteiger partial charge < -0.3 is 9.42 Å². The maximum absolute atomic E-state index is 13.7. The van der Waals surface area contributed by atoms with Crippen LogP contribution >= 0.6 is 11.6 Å². The summed E-state index contributed by atoms with van der Waals surface area (Å²) in [7, 11) is 0. The molecule has 1 aliphatic heterocycles. The Morgan fingerprint density at radius 2 is 1.84 bits per heavy atom. The first-order valence-electron chi connectivity index (χ1n) is 10.8. The highest BCUT2D eigenvalue weighted by atomic mass is 35.5. The first kappa shape index (κ1) is 22.4. The van der Waals surface area contributed by atoms with Crippen LogP contribution in [0.15, 0.2) is 47.0 Å². The molecule has 2 aromatic carbocycles. The van der Waals surface area contributed by atoms with Gasteiger partial charge in [0.25, 0.3) is 5.91 Å². The fourth-order valence-corrected chi connectivity index (χ4v) is 3.86. The van der Waals surface area contributed by atoms with Crippen LogP contribution in [0.25, 0.3) is 11.4 Å². The Balaban J connectivity index is 1.31. The van der Waals surface area contributed by atoms with Crippen LogP contribution in [0.4, 0.5) is 4.39 Å². The van der Waals surface area contributed by atoms with Crippen molar-refractivity contribution in [2.24, 2.45) is 5.92 Å². The monoisotopic (exact) mass is 456 g/mol. The number of carbonyl (C=O) groups excluding carboxylic acids is 1. The predicted octanol–water partition coefficient (Wildman–Crippen LogP) is 4.69. The third-order valence-corrected chi connectivity index (χ3v) is 5.80. The predicted molar refractivity (Wildman–Crippen MR) is 121 cm³/mol. The first-order valence-corrected chi connectivity index (χ1v) is 11.2. The van der Waals surface area contributed by atoms with Crippen LogP contribution in [-0.4, -0.2) is 52.0 Å². The van der Waals surface area contributed by atoms with Crippen LogP contribution in [0.1, 0.15) is 35.7 Å². The Labute approximate surface area is 192 Å². The molecule has 0 bridgehead atoms. The second-order valence-corrected chi connectivity index (χ2v) is 8.91. The van der Waals surface area contributed by atoms with Gasteiger partial charge in [-0.1, -0.05) is 54.9 Å². The largest absolute Gasteiger partial charge is 0.339 e. The van der Waals surface area contributed by atoms with E-state index < -0.39 is 5.82 Å². The number of hydrogen-bond acceptors (Lipinski definition) is 5. The standard InChI is InChI=1S/C24H26ClFN4O2/c1-16(2)13-22-27-23(28-32-22)18-5-3-17(4-6-18)15-29-9-11-30(12-10-29)24(31)19-7-8-20(25)21(26)14-19/h3-8,14,16H,9-13,15H2,1-2H3. The fraction of sp³-hybridized carbons (Fsp3) is 0.375. The summed E-state index contributed by atoms with van der Waals surface area (Å²) in [6.45, 7) is 7.74. The van der Waals surface area contributed by atoms with Crippen molar-refractivity contribution in [3.8, 4) is 11.4 Å². The van der Waals surface area contributed by atoms with Gasteiger partial charge in [0.1, 0.15) is 5.82 Å². The van der Waals surface area contributed by atoms with E-state index in [1.54, 1.807) is 11.0 Å². The molecule has 1 aliphatic rings. The summed E-state index contributed by atoms with van der Waals surface area (Å²) < 4.78 is 19.0. The highest BCUT2D eigenvalue weighted by molar-refractivity contribution is 6.30. The Bertz CT molecular complexity index is 1080. The number of amides is 1. The highest BCUT2D eigenvalue weighted by Gasteiger charge is 2.23. The maximum Gasteiger partial charge on any atom is 0.254 e. The summed E-state index contributed by atoms with van der Waals surface area (Å²) in [5, 5.41) is 4.10. The second-order valence-electron chi connectivity index (χ2n) is 8.50. The summed E-state index contributed by atoms with van der Waals surface area (Å²) in [6.07, 6.45) is 0.770. The third kappa shape index (κ3) is 5.34. The molecule has 6 nitrogen and oxygen atoms in total. The van der Waals surface area contributed by atoms with Crippen LogP contribution < -0.4 is 0 Å². The molecule has 4 rings (SSSR count). The molecule has 1 saturated heterocycles. The third-order valence-electron chi connectivity index (χ3n) is 5.50. The number of carbonyl (C=O) groups is 1. The van der Waals surface area contributed by atoms with E-state index in [1.807, 2.05) is 12.1 Å². The zero-order valence-electron chi connectivity index (χ0n) is 18.2. The molecule has 1 amide bonds. The average molecular weight is 457 g/mol. The lowest BCUT2D eigenvalue weighted by Crippen LogP contribution is -2.48. The molecule has 8 heteroatoms. The lowest BCUT2D eigenvalue weighted by Gasteiger charge is -2.34. The Morgan fingerprint density at radius 1 is 1.12 bits per heavy atom. The van der Waals surface area contributed by atoms with E-state index in [0.717, 1.165) is 31.6 Å². The zero-order chi connectivity index (χ0) is 22.7. The number of halogens is 2. The molecule has 0 N–H and O–H groups in total. The SMILES string of the molecule is CC(C)Cc1nc(-c2ccc(CN3CCN(C(=O)c4ccc(Cl)c(F)c4)CC3)cc2)no1. The van der Waals surface area contributed by atoms with Crippen LogP contribution in [0, 0.1) is 11.7 Å². The Morgan fingerprint density at radius 3 is 2.50 bits per heavy atom. The fourth-order valence-electron chi connectivity index (χ4n) is 3.74. The summed E-state index contributed by atoms with van der Waals surface area (Å²) in [4.78, 5) is 21.2. The molecule has 0 aliphatic carbocycles. The minimum Gasteiger partial charge on any atom is -0.339 e. The molecular formula is C24H26ClFN4O2. The van der Waals surface area contributed by atoms with E-state index in [-0.39, 0.29) is 10.9 Å². The van der Waals surface area contributed by atoms with Gasteiger partial charge in [0, 0.05) is 50.3 Å². The molecule has 168 valence electrons. The van der Waals surface area contributed by atoms with Crippen molar-refractivity contribution < 1.29 is 13.7 Å². The van der Waals surface area contributed by atoms with Gasteiger partial charge in [-0.2, -0.15) is 4.98 Å². The van der Waals surface area contributed by atoms with Crippen molar-refractivity contribution >= 4 is 17.5 Å². The first-order chi connectivity index (χ1) is 15.4. The van der Waals surface area contributed by atoms with Crippen LogP contribution in [0.3, 0.4) is 0 Å². The number of hydrogen-bond donors (Lipinski definition) is 0. The van der Waals surface area contributed by atoms with E-state index in [1.165, 1.54) is 17.7 Å². The minimum atomic E-state index is -0.573. The lowest BCUT2D eigenvalue weighted by atomic mass is 10.1. The quantitative estimate of drug-likeness (QED) is 0.538. The molecule has 0 spiro atoms. The Hall–Kier alpha value is -2.77. The number of benzene rings is 2. The van der Waals surface area contributed by atoms with E-state index >= 15 is 0 Å². The van der Waals surface area contributed by atoms with Gasteiger partial charge >= 0.3 is 0 Å². The second kappa shape index (κ2) is 9.79. The van der Waals surface area contributed by atoms with Crippen molar-refractivity contribution in [3.63, 3.8) is 0 Å². The molecule has 0 unspecified atom stereocenters. The molecule has 0 atom stereocenters. The van der Waals surface area contributed by atoms with Gasteiger partial charge in [-0.15, -0.1) is 0 Å². The molecule has 0 radical (unpaired) electrons. The van der Waals surface area contributed by atoms with Gasteiger partial charge in [-0.3, -0.25) is 9.69 Å². The van der Waals surface area contributed by atoms with Crippen molar-refractivity contribution in [2.45, 2.75) is 26.8 Å². The van der Waals surface area contributed by atoms with E-state index in [2.05, 4.69) is 41.0 Å². The summed E-state index contributed by atoms with van der Waals surface area (Å²) >= 11 is 5.71. The summed E-state index contributed by atoms with van der Waals surface area (Å²) in [5.74, 6) is 0.998. The number of aromatic nitrogens is 2. The topological polar surface area (TPSA) is 62.5 Å². The summed E-state index contributed by atoms with van der Waals surface area (Å²) in [6, 6.07) is 12.3. The molecule has 0 saturated carbocycles. The van der Waals surface area contributed by atoms with Crippen LogP contribution in [0.2, 0.25) is 5.02 Å². The molecular weight excluding hydrogens is 431 g/mol. The number of piperazine rings is 1. The van der Waals surface area contributed by atoms with E-state index in [0.29, 0.717) is 36.3 Å². The molecule has 2 heterocycles. The maximum atomic E-state index is 13.7. The molecule has 1 aromatic heterocycles. The normalized spacial score (nSPS) is 14.8. The van der Waals surface area contributed by atoms with Crippen LogP contribution in [-0.2, 0) is 13.0 Å². The number of nitrogens with zero attached hydrogens (tertiary/aromatic N) is 4. The van der Waals surface area contributed by atoms with E-state index in [4.69, 9.17) is 16.1 Å². The smallest absolute Gasteiger partial charge is 0.254 e. The van der Waals surface area contributed by atoms with Gasteiger partial charge in [0.15, 0.2) is 0 Å². The average Bonchev–Trinajstić information content (AvgIpc) is 3.24. The lowest BCUT2D eigenvalue weighted by molar-refractivity contribution is 0.0628. The minimum absolute atomic E-state index is 0.0210. The summed E-state index contributed by atoms with van der Waals surface area (Å²) in [5.41, 5.74) is 2.44. The van der Waals surface area contributed by atoms with Gasteiger partial charge in [0.2, 0.25) is 11.7 Å².